The van der Waals surface area contributed by atoms with Gasteiger partial charge in [0.05, 0.1) is 0 Å². The summed E-state index contributed by atoms with van der Waals surface area (Å²) in [6.07, 6.45) is 0. The minimum Gasteiger partial charge on any atom is -0.358 e. The first-order valence-electron chi connectivity index (χ1n) is 5.81. The highest BCUT2D eigenvalue weighted by Gasteiger charge is 2.28. The first-order valence-corrected chi connectivity index (χ1v) is 5.81. The Morgan fingerprint density at radius 1 is 1.31 bits per heavy atom. The van der Waals surface area contributed by atoms with Crippen LogP contribution in [0.2, 0.25) is 0 Å². The van der Waals surface area contributed by atoms with Crippen LogP contribution in [0.15, 0.2) is 24.3 Å². The van der Waals surface area contributed by atoms with E-state index in [-0.39, 0.29) is 6.04 Å². The number of aryl methyl sites for hydroxylation is 1. The lowest BCUT2D eigenvalue weighted by atomic mass is 9.88. The van der Waals surface area contributed by atoms with Gasteiger partial charge in [-0.2, -0.15) is 0 Å². The third-order valence-corrected chi connectivity index (χ3v) is 3.60. The van der Waals surface area contributed by atoms with E-state index in [2.05, 4.69) is 41.5 Å². The number of hydrogen-bond donors (Lipinski definition) is 3. The molecule has 2 heterocycles. The fourth-order valence-electron chi connectivity index (χ4n) is 2.53. The van der Waals surface area contributed by atoms with Crippen molar-refractivity contribution in [1.82, 2.24) is 10.3 Å². The molecule has 1 fully saturated rings. The monoisotopic (exact) mass is 215 g/mol. The van der Waals surface area contributed by atoms with Crippen LogP contribution in [0.25, 0.3) is 10.9 Å². The number of H-pyrrole nitrogens is 1. The Labute approximate surface area is 95.0 Å². The molecule has 0 aliphatic carbocycles. The molecule has 3 nitrogen and oxygen atoms in total. The number of para-hydroxylation sites is 1. The lowest BCUT2D eigenvalue weighted by molar-refractivity contribution is 0.295. The second kappa shape index (κ2) is 3.61. The third kappa shape index (κ3) is 1.36. The van der Waals surface area contributed by atoms with Crippen LogP contribution in [-0.2, 0) is 0 Å². The number of aromatic amines is 1. The van der Waals surface area contributed by atoms with Gasteiger partial charge in [0, 0.05) is 41.6 Å². The minimum absolute atomic E-state index is 0.150. The van der Waals surface area contributed by atoms with Crippen LogP contribution in [-0.4, -0.2) is 18.1 Å². The quantitative estimate of drug-likeness (QED) is 0.714. The number of nitrogens with two attached hydrogens (primary N) is 1. The van der Waals surface area contributed by atoms with Crippen molar-refractivity contribution in [2.45, 2.75) is 13.0 Å². The number of benzene rings is 1. The Balaban J connectivity index is 2.10. The average Bonchev–Trinajstić information content (AvgIpc) is 2.50. The average molecular weight is 215 g/mol. The molecule has 1 aromatic carbocycles. The van der Waals surface area contributed by atoms with Crippen molar-refractivity contribution in [2.75, 3.05) is 13.1 Å². The van der Waals surface area contributed by atoms with Crippen molar-refractivity contribution >= 4 is 10.9 Å². The fourth-order valence-corrected chi connectivity index (χ4v) is 2.53. The molecule has 1 aromatic heterocycles. The minimum atomic E-state index is 0.150. The summed E-state index contributed by atoms with van der Waals surface area (Å²) in [7, 11) is 0. The van der Waals surface area contributed by atoms with Gasteiger partial charge < -0.3 is 16.0 Å². The van der Waals surface area contributed by atoms with E-state index >= 15 is 0 Å². The zero-order valence-electron chi connectivity index (χ0n) is 9.46. The van der Waals surface area contributed by atoms with Crippen LogP contribution in [0.5, 0.6) is 0 Å². The van der Waals surface area contributed by atoms with Gasteiger partial charge in [0.15, 0.2) is 0 Å². The van der Waals surface area contributed by atoms with Gasteiger partial charge in [0.1, 0.15) is 0 Å². The van der Waals surface area contributed by atoms with Gasteiger partial charge in [-0.1, -0.05) is 18.2 Å². The summed E-state index contributed by atoms with van der Waals surface area (Å²) >= 11 is 0. The lowest BCUT2D eigenvalue weighted by Crippen LogP contribution is -2.47. The van der Waals surface area contributed by atoms with Gasteiger partial charge in [-0.3, -0.25) is 0 Å². The second-order valence-corrected chi connectivity index (χ2v) is 4.65. The van der Waals surface area contributed by atoms with Crippen molar-refractivity contribution in [3.8, 4) is 0 Å². The Morgan fingerprint density at radius 3 is 2.75 bits per heavy atom. The fraction of sp³-hybridized carbons (Fsp3) is 0.385. The normalized spacial score (nSPS) is 18.6. The van der Waals surface area contributed by atoms with E-state index in [1.54, 1.807) is 0 Å². The van der Waals surface area contributed by atoms with E-state index in [1.165, 1.54) is 22.2 Å². The molecule has 0 saturated carbocycles. The molecular formula is C13H17N3. The highest BCUT2D eigenvalue weighted by molar-refractivity contribution is 5.85. The van der Waals surface area contributed by atoms with Gasteiger partial charge in [0.25, 0.3) is 0 Å². The number of hydrogen-bond acceptors (Lipinski definition) is 2. The molecule has 3 heteroatoms. The molecule has 1 saturated heterocycles. The molecule has 16 heavy (non-hydrogen) atoms. The van der Waals surface area contributed by atoms with Gasteiger partial charge in [-0.05, 0) is 18.6 Å². The Hall–Kier alpha value is -1.32. The molecule has 3 rings (SSSR count). The predicted octanol–water partition coefficient (Wildman–Crippen LogP) is 1.70. The summed E-state index contributed by atoms with van der Waals surface area (Å²) in [6.45, 7) is 4.20. The SMILES string of the molecule is Cc1[nH]c2ccccc2c1C(N)C1CNC1. The van der Waals surface area contributed by atoms with E-state index in [4.69, 9.17) is 5.73 Å². The molecule has 1 atom stereocenters. The largest absolute Gasteiger partial charge is 0.358 e. The zero-order chi connectivity index (χ0) is 11.1. The van der Waals surface area contributed by atoms with Gasteiger partial charge in [-0.15, -0.1) is 0 Å². The maximum Gasteiger partial charge on any atom is 0.0459 e. The van der Waals surface area contributed by atoms with Gasteiger partial charge in [-0.25, -0.2) is 0 Å². The molecule has 0 bridgehead atoms. The second-order valence-electron chi connectivity index (χ2n) is 4.65. The molecule has 1 aliphatic rings. The number of rotatable bonds is 2. The van der Waals surface area contributed by atoms with Gasteiger partial charge >= 0.3 is 0 Å². The molecular weight excluding hydrogens is 198 g/mol. The van der Waals surface area contributed by atoms with Crippen molar-refractivity contribution in [1.29, 1.82) is 0 Å². The molecule has 1 unspecified atom stereocenters. The first kappa shape index (κ1) is 9.87. The van der Waals surface area contributed by atoms with Crippen LogP contribution >= 0.6 is 0 Å². The lowest BCUT2D eigenvalue weighted by Gasteiger charge is -2.32. The maximum absolute atomic E-state index is 6.35. The van der Waals surface area contributed by atoms with Crippen molar-refractivity contribution in [3.05, 3.63) is 35.5 Å². The Bertz CT molecular complexity index is 511. The van der Waals surface area contributed by atoms with E-state index in [0.29, 0.717) is 5.92 Å². The standard InChI is InChI=1S/C13H17N3/c1-8-12(13(14)9-6-15-7-9)10-4-2-3-5-11(10)16-8/h2-5,9,13,15-16H,6-7,14H2,1H3. The van der Waals surface area contributed by atoms with E-state index in [9.17, 15) is 0 Å². The van der Waals surface area contributed by atoms with Crippen LogP contribution in [0.3, 0.4) is 0 Å². The van der Waals surface area contributed by atoms with Crippen molar-refractivity contribution in [3.63, 3.8) is 0 Å². The van der Waals surface area contributed by atoms with E-state index in [0.717, 1.165) is 13.1 Å². The summed E-state index contributed by atoms with van der Waals surface area (Å²) in [6, 6.07) is 8.54. The molecule has 0 radical (unpaired) electrons. The number of fused-ring (bicyclic) bond motifs is 1. The summed E-state index contributed by atoms with van der Waals surface area (Å²) in [5.41, 5.74) is 10.0. The summed E-state index contributed by atoms with van der Waals surface area (Å²) in [4.78, 5) is 3.41. The number of nitrogens with one attached hydrogen (secondary N) is 2. The summed E-state index contributed by atoms with van der Waals surface area (Å²) in [5, 5.41) is 4.56. The maximum atomic E-state index is 6.35. The van der Waals surface area contributed by atoms with E-state index in [1.807, 2.05) is 0 Å². The highest BCUT2D eigenvalue weighted by Crippen LogP contribution is 2.31. The molecule has 0 amide bonds. The molecule has 4 N–H and O–H groups in total. The summed E-state index contributed by atoms with van der Waals surface area (Å²) in [5.74, 6) is 0.581. The van der Waals surface area contributed by atoms with Crippen molar-refractivity contribution < 1.29 is 0 Å². The molecule has 0 spiro atoms. The van der Waals surface area contributed by atoms with Gasteiger partial charge in [0.2, 0.25) is 0 Å². The Morgan fingerprint density at radius 2 is 2.06 bits per heavy atom. The van der Waals surface area contributed by atoms with Crippen molar-refractivity contribution in [2.24, 2.45) is 11.7 Å². The first-order chi connectivity index (χ1) is 7.77. The zero-order valence-corrected chi connectivity index (χ0v) is 9.46. The molecule has 2 aromatic rings. The predicted molar refractivity (Wildman–Crippen MR) is 66.3 cm³/mol. The number of aromatic nitrogens is 1. The third-order valence-electron chi connectivity index (χ3n) is 3.60. The molecule has 1 aliphatic heterocycles. The molecule has 84 valence electrons. The van der Waals surface area contributed by atoms with Crippen LogP contribution in [0, 0.1) is 12.8 Å². The smallest absolute Gasteiger partial charge is 0.0459 e. The topological polar surface area (TPSA) is 53.8 Å². The highest BCUT2D eigenvalue weighted by atomic mass is 15.0. The van der Waals surface area contributed by atoms with E-state index < -0.39 is 0 Å². The van der Waals surface area contributed by atoms with Crippen LogP contribution in [0.1, 0.15) is 17.3 Å². The van der Waals surface area contributed by atoms with Crippen LogP contribution < -0.4 is 11.1 Å². The Kier molecular flexibility index (Phi) is 2.23. The van der Waals surface area contributed by atoms with Crippen LogP contribution in [0.4, 0.5) is 0 Å². The summed E-state index contributed by atoms with van der Waals surface area (Å²) < 4.78 is 0.